The van der Waals surface area contributed by atoms with Crippen LogP contribution < -0.4 is 10.1 Å². The molecule has 1 aliphatic rings. The van der Waals surface area contributed by atoms with E-state index < -0.39 is 9.84 Å². The highest BCUT2D eigenvalue weighted by Gasteiger charge is 2.29. The summed E-state index contributed by atoms with van der Waals surface area (Å²) in [6, 6.07) is 7.46. The van der Waals surface area contributed by atoms with Gasteiger partial charge in [-0.2, -0.15) is 0 Å². The summed E-state index contributed by atoms with van der Waals surface area (Å²) in [5, 5.41) is 11.0. The van der Waals surface area contributed by atoms with Gasteiger partial charge in [0.15, 0.2) is 9.84 Å². The first-order chi connectivity index (χ1) is 12.9. The van der Waals surface area contributed by atoms with E-state index in [1.807, 2.05) is 24.3 Å². The van der Waals surface area contributed by atoms with Crippen LogP contribution in [0.5, 0.6) is 5.75 Å². The van der Waals surface area contributed by atoms with Crippen LogP contribution in [0.15, 0.2) is 33.9 Å². The molecule has 27 heavy (non-hydrogen) atoms. The van der Waals surface area contributed by atoms with Gasteiger partial charge in [0.1, 0.15) is 5.75 Å². The van der Waals surface area contributed by atoms with E-state index in [4.69, 9.17) is 9.15 Å². The first-order valence-electron chi connectivity index (χ1n) is 8.49. The molecule has 2 aromatic rings. The van der Waals surface area contributed by atoms with Crippen molar-refractivity contribution in [2.45, 2.75) is 24.6 Å². The van der Waals surface area contributed by atoms with Crippen LogP contribution in [0.25, 0.3) is 0 Å². The molecule has 1 saturated heterocycles. The standard InChI is InChI=1S/C17H21N3O5S2/c1-24-14-4-2-12(3-5-14)9-18-15(21)10-26-17-20-19-16(25-17)8-13-6-7-27(22,23)11-13/h2-5,13H,6-11H2,1H3,(H,18,21)/t13-/m1/s1. The fourth-order valence-corrected chi connectivity index (χ4v) is 5.25. The number of hydrogen-bond donors (Lipinski definition) is 1. The van der Waals surface area contributed by atoms with E-state index in [9.17, 15) is 13.2 Å². The number of rotatable bonds is 8. The maximum Gasteiger partial charge on any atom is 0.277 e. The Balaban J connectivity index is 1.40. The Hall–Kier alpha value is -2.07. The number of amides is 1. The lowest BCUT2D eigenvalue weighted by molar-refractivity contribution is -0.118. The topological polar surface area (TPSA) is 111 Å². The van der Waals surface area contributed by atoms with Gasteiger partial charge in [-0.1, -0.05) is 23.9 Å². The molecule has 2 heterocycles. The van der Waals surface area contributed by atoms with Gasteiger partial charge >= 0.3 is 0 Å². The van der Waals surface area contributed by atoms with Gasteiger partial charge in [-0.25, -0.2) is 8.42 Å². The van der Waals surface area contributed by atoms with Crippen LogP contribution in [0.3, 0.4) is 0 Å². The van der Waals surface area contributed by atoms with E-state index >= 15 is 0 Å². The fraction of sp³-hybridized carbons (Fsp3) is 0.471. The van der Waals surface area contributed by atoms with Crippen LogP contribution in [0.2, 0.25) is 0 Å². The number of benzene rings is 1. The Bertz CT molecular complexity index is 880. The summed E-state index contributed by atoms with van der Waals surface area (Å²) >= 11 is 1.16. The first-order valence-corrected chi connectivity index (χ1v) is 11.3. The third kappa shape index (κ3) is 5.96. The minimum atomic E-state index is -2.92. The lowest BCUT2D eigenvalue weighted by atomic mass is 10.1. The van der Waals surface area contributed by atoms with Crippen LogP contribution >= 0.6 is 11.8 Å². The molecule has 0 bridgehead atoms. The molecule has 3 rings (SSSR count). The molecule has 1 amide bonds. The lowest BCUT2D eigenvalue weighted by Crippen LogP contribution is -2.24. The molecule has 146 valence electrons. The van der Waals surface area contributed by atoms with Crippen molar-refractivity contribution < 1.29 is 22.4 Å². The van der Waals surface area contributed by atoms with Crippen molar-refractivity contribution >= 4 is 27.5 Å². The summed E-state index contributed by atoms with van der Waals surface area (Å²) in [6.07, 6.45) is 1.08. The summed E-state index contributed by atoms with van der Waals surface area (Å²) in [7, 11) is -1.31. The fourth-order valence-electron chi connectivity index (χ4n) is 2.78. The predicted molar refractivity (Wildman–Crippen MR) is 100 cm³/mol. The molecule has 0 radical (unpaired) electrons. The van der Waals surface area contributed by atoms with Crippen molar-refractivity contribution in [3.8, 4) is 5.75 Å². The number of thioether (sulfide) groups is 1. The van der Waals surface area contributed by atoms with Gasteiger partial charge < -0.3 is 14.5 Å². The predicted octanol–water partition coefficient (Wildman–Crippen LogP) is 1.46. The number of hydrogen-bond acceptors (Lipinski definition) is 8. The highest BCUT2D eigenvalue weighted by Crippen LogP contribution is 2.24. The van der Waals surface area contributed by atoms with Crippen LogP contribution in [-0.4, -0.2) is 48.9 Å². The number of aromatic nitrogens is 2. The van der Waals surface area contributed by atoms with Crippen molar-refractivity contribution in [2.75, 3.05) is 24.4 Å². The number of sulfone groups is 1. The Morgan fingerprint density at radius 1 is 1.33 bits per heavy atom. The van der Waals surface area contributed by atoms with E-state index in [0.29, 0.717) is 30.5 Å². The molecule has 1 aromatic carbocycles. The zero-order valence-electron chi connectivity index (χ0n) is 14.9. The van der Waals surface area contributed by atoms with Gasteiger partial charge in [0.05, 0.1) is 24.4 Å². The maximum absolute atomic E-state index is 12.0. The van der Waals surface area contributed by atoms with Crippen molar-refractivity contribution in [1.82, 2.24) is 15.5 Å². The van der Waals surface area contributed by atoms with E-state index in [1.54, 1.807) is 7.11 Å². The Kier molecular flexibility index (Phi) is 6.38. The molecule has 0 spiro atoms. The van der Waals surface area contributed by atoms with E-state index in [0.717, 1.165) is 23.1 Å². The number of methoxy groups -OCH3 is 1. The Morgan fingerprint density at radius 3 is 2.78 bits per heavy atom. The van der Waals surface area contributed by atoms with Gasteiger partial charge in [-0.3, -0.25) is 4.79 Å². The third-order valence-electron chi connectivity index (χ3n) is 4.21. The summed E-state index contributed by atoms with van der Waals surface area (Å²) in [5.41, 5.74) is 0.973. The van der Waals surface area contributed by atoms with Crippen LogP contribution in [0.4, 0.5) is 0 Å². The van der Waals surface area contributed by atoms with Crippen LogP contribution in [0.1, 0.15) is 17.9 Å². The van der Waals surface area contributed by atoms with E-state index in [1.165, 1.54) is 0 Å². The smallest absolute Gasteiger partial charge is 0.277 e. The number of carbonyl (C=O) groups excluding carboxylic acids is 1. The third-order valence-corrected chi connectivity index (χ3v) is 6.87. The van der Waals surface area contributed by atoms with Crippen LogP contribution in [0, 0.1) is 5.92 Å². The average Bonchev–Trinajstić information content (AvgIpc) is 3.24. The second-order valence-electron chi connectivity index (χ2n) is 6.35. The summed E-state index contributed by atoms with van der Waals surface area (Å²) in [4.78, 5) is 12.0. The molecule has 0 saturated carbocycles. The first kappa shape index (κ1) is 19.7. The van der Waals surface area contributed by atoms with Gasteiger partial charge in [-0.15, -0.1) is 10.2 Å². The van der Waals surface area contributed by atoms with Crippen molar-refractivity contribution in [2.24, 2.45) is 5.92 Å². The Morgan fingerprint density at radius 2 is 2.11 bits per heavy atom. The molecule has 1 atom stereocenters. The lowest BCUT2D eigenvalue weighted by Gasteiger charge is -2.05. The normalized spacial score (nSPS) is 18.3. The largest absolute Gasteiger partial charge is 0.497 e. The SMILES string of the molecule is COc1ccc(CNC(=O)CSc2nnc(C[C@H]3CCS(=O)(=O)C3)o2)cc1. The molecule has 1 N–H and O–H groups in total. The second kappa shape index (κ2) is 8.75. The zero-order valence-corrected chi connectivity index (χ0v) is 16.5. The van der Waals surface area contributed by atoms with Gasteiger partial charge in [0.2, 0.25) is 11.8 Å². The molecule has 0 aliphatic carbocycles. The molecular weight excluding hydrogens is 390 g/mol. The minimum Gasteiger partial charge on any atom is -0.497 e. The van der Waals surface area contributed by atoms with Gasteiger partial charge in [0, 0.05) is 13.0 Å². The second-order valence-corrected chi connectivity index (χ2v) is 9.50. The van der Waals surface area contributed by atoms with Crippen molar-refractivity contribution in [3.05, 3.63) is 35.7 Å². The van der Waals surface area contributed by atoms with Crippen molar-refractivity contribution in [1.29, 1.82) is 0 Å². The number of carbonyl (C=O) groups is 1. The number of nitrogens with zero attached hydrogens (tertiary/aromatic N) is 2. The van der Waals surface area contributed by atoms with Crippen LogP contribution in [-0.2, 0) is 27.6 Å². The molecule has 0 unspecified atom stereocenters. The van der Waals surface area contributed by atoms with E-state index in [-0.39, 0.29) is 29.1 Å². The zero-order chi connectivity index (χ0) is 19.3. The molecular formula is C17H21N3O5S2. The molecule has 8 nitrogen and oxygen atoms in total. The summed E-state index contributed by atoms with van der Waals surface area (Å²) in [6.45, 7) is 0.425. The quantitative estimate of drug-likeness (QED) is 0.650. The minimum absolute atomic E-state index is 0.0288. The maximum atomic E-state index is 12.0. The average molecular weight is 412 g/mol. The Labute approximate surface area is 162 Å². The van der Waals surface area contributed by atoms with Gasteiger partial charge in [-0.05, 0) is 30.0 Å². The number of ether oxygens (including phenoxy) is 1. The highest BCUT2D eigenvalue weighted by atomic mass is 32.2. The van der Waals surface area contributed by atoms with E-state index in [2.05, 4.69) is 15.5 Å². The summed E-state index contributed by atoms with van der Waals surface area (Å²) < 4.78 is 33.6. The van der Waals surface area contributed by atoms with Gasteiger partial charge in [0.25, 0.3) is 5.22 Å². The number of nitrogens with one attached hydrogen (secondary N) is 1. The molecule has 1 fully saturated rings. The highest BCUT2D eigenvalue weighted by molar-refractivity contribution is 7.99. The molecule has 10 heteroatoms. The molecule has 1 aliphatic heterocycles. The monoisotopic (exact) mass is 411 g/mol. The summed E-state index contributed by atoms with van der Waals surface area (Å²) in [5.74, 6) is 1.63. The molecule has 1 aromatic heterocycles. The van der Waals surface area contributed by atoms with Crippen molar-refractivity contribution in [3.63, 3.8) is 0 Å².